The minimum atomic E-state index is -3.34. The van der Waals surface area contributed by atoms with Crippen LogP contribution in [0.25, 0.3) is 11.0 Å². The molecular weight excluding hydrogens is 346 g/mol. The van der Waals surface area contributed by atoms with Crippen LogP contribution < -0.4 is 4.72 Å². The molecule has 0 aliphatic rings. The fourth-order valence-electron chi connectivity index (χ4n) is 3.11. The summed E-state index contributed by atoms with van der Waals surface area (Å²) in [5.41, 5.74) is 2.87. The van der Waals surface area contributed by atoms with Crippen molar-refractivity contribution >= 4 is 21.1 Å². The lowest BCUT2D eigenvalue weighted by Crippen LogP contribution is -2.27. The maximum absolute atomic E-state index is 12.3. The zero-order valence-corrected chi connectivity index (χ0v) is 16.0. The van der Waals surface area contributed by atoms with E-state index in [1.54, 1.807) is 6.20 Å². The second kappa shape index (κ2) is 8.01. The molecule has 0 spiro atoms. The molecule has 1 N–H and O–H groups in total. The molecule has 138 valence electrons. The monoisotopic (exact) mass is 371 g/mol. The van der Waals surface area contributed by atoms with E-state index in [4.69, 9.17) is 0 Å². The lowest BCUT2D eigenvalue weighted by atomic mass is 10.2. The summed E-state index contributed by atoms with van der Waals surface area (Å²) < 4.78 is 29.4. The van der Waals surface area contributed by atoms with Crippen LogP contribution in [0.15, 0.2) is 54.9 Å². The zero-order valence-electron chi connectivity index (χ0n) is 15.2. The van der Waals surface area contributed by atoms with Crippen LogP contribution >= 0.6 is 0 Å². The van der Waals surface area contributed by atoms with Crippen LogP contribution in [-0.2, 0) is 28.7 Å². The zero-order chi connectivity index (χ0) is 18.6. The van der Waals surface area contributed by atoms with Crippen molar-refractivity contribution in [3.63, 3.8) is 0 Å². The van der Waals surface area contributed by atoms with Gasteiger partial charge in [-0.25, -0.2) is 18.1 Å². The molecule has 3 rings (SSSR count). The van der Waals surface area contributed by atoms with E-state index < -0.39 is 10.0 Å². The number of aromatic nitrogens is 2. The van der Waals surface area contributed by atoms with Gasteiger partial charge in [0.25, 0.3) is 0 Å². The molecule has 0 atom stereocenters. The van der Waals surface area contributed by atoms with E-state index in [-0.39, 0.29) is 5.75 Å². The summed E-state index contributed by atoms with van der Waals surface area (Å²) in [5.74, 6) is 0.523. The molecule has 0 unspecified atom stereocenters. The van der Waals surface area contributed by atoms with Gasteiger partial charge in [-0.15, -0.1) is 0 Å². The van der Waals surface area contributed by atoms with Crippen molar-refractivity contribution in [2.75, 3.05) is 6.54 Å². The van der Waals surface area contributed by atoms with E-state index in [0.29, 0.717) is 18.9 Å². The number of nitrogens with one attached hydrogen (secondary N) is 1. The summed E-state index contributed by atoms with van der Waals surface area (Å²) in [4.78, 5) is 4.49. The van der Waals surface area contributed by atoms with Gasteiger partial charge in [0.15, 0.2) is 0 Å². The first-order valence-electron chi connectivity index (χ1n) is 8.88. The fourth-order valence-corrected chi connectivity index (χ4v) is 4.26. The summed E-state index contributed by atoms with van der Waals surface area (Å²) in [6.45, 7) is 5.62. The number of pyridine rings is 1. The molecule has 0 fully saturated rings. The van der Waals surface area contributed by atoms with Crippen molar-refractivity contribution < 1.29 is 8.42 Å². The van der Waals surface area contributed by atoms with Gasteiger partial charge in [-0.05, 0) is 35.6 Å². The molecule has 26 heavy (non-hydrogen) atoms. The van der Waals surface area contributed by atoms with E-state index in [1.807, 2.05) is 42.5 Å². The Morgan fingerprint density at radius 2 is 1.88 bits per heavy atom. The van der Waals surface area contributed by atoms with Crippen LogP contribution in [0.4, 0.5) is 0 Å². The number of hydrogen-bond acceptors (Lipinski definition) is 3. The van der Waals surface area contributed by atoms with E-state index in [1.165, 1.54) is 0 Å². The highest BCUT2D eigenvalue weighted by molar-refractivity contribution is 7.88. The van der Waals surface area contributed by atoms with Gasteiger partial charge in [0, 0.05) is 30.9 Å². The number of sulfonamides is 1. The van der Waals surface area contributed by atoms with Gasteiger partial charge in [-0.3, -0.25) is 0 Å². The van der Waals surface area contributed by atoms with E-state index in [0.717, 1.165) is 28.7 Å². The van der Waals surface area contributed by atoms with Crippen LogP contribution in [0, 0.1) is 5.92 Å². The molecule has 2 heterocycles. The molecule has 0 radical (unpaired) electrons. The first kappa shape index (κ1) is 18.6. The summed E-state index contributed by atoms with van der Waals surface area (Å²) in [6.07, 6.45) is 4.54. The third-order valence-corrected chi connectivity index (χ3v) is 5.55. The number of benzene rings is 1. The van der Waals surface area contributed by atoms with E-state index in [2.05, 4.69) is 34.3 Å². The summed E-state index contributed by atoms with van der Waals surface area (Å²) >= 11 is 0. The van der Waals surface area contributed by atoms with Gasteiger partial charge in [0.2, 0.25) is 10.0 Å². The minimum Gasteiger partial charge on any atom is -0.332 e. The Balaban J connectivity index is 1.68. The van der Waals surface area contributed by atoms with Gasteiger partial charge < -0.3 is 4.57 Å². The summed E-state index contributed by atoms with van der Waals surface area (Å²) in [5, 5.41) is 1.09. The minimum absolute atomic E-state index is 0.00447. The molecule has 0 saturated heterocycles. The Morgan fingerprint density at radius 1 is 1.12 bits per heavy atom. The Morgan fingerprint density at radius 3 is 2.62 bits per heavy atom. The molecule has 0 bridgehead atoms. The smallest absolute Gasteiger partial charge is 0.215 e. The van der Waals surface area contributed by atoms with E-state index in [9.17, 15) is 8.42 Å². The van der Waals surface area contributed by atoms with Crippen LogP contribution in [0.2, 0.25) is 0 Å². The molecule has 0 aliphatic heterocycles. The standard InChI is InChI=1S/C20H25N3O2S/c1-16(2)13-23-14-18(19-9-6-11-21-20(19)23)10-12-22-26(24,25)15-17-7-4-3-5-8-17/h3-9,11,14,16,22H,10,12-13,15H2,1-2H3. The average Bonchev–Trinajstić information content (AvgIpc) is 2.93. The van der Waals surface area contributed by atoms with Crippen molar-refractivity contribution in [3.05, 3.63) is 66.0 Å². The Bertz CT molecular complexity index is 963. The van der Waals surface area contributed by atoms with Crippen molar-refractivity contribution in [1.82, 2.24) is 14.3 Å². The molecular formula is C20H25N3O2S. The van der Waals surface area contributed by atoms with Gasteiger partial charge in [-0.1, -0.05) is 44.2 Å². The van der Waals surface area contributed by atoms with Crippen molar-refractivity contribution in [2.45, 2.75) is 32.6 Å². The second-order valence-corrected chi connectivity index (χ2v) is 8.77. The highest BCUT2D eigenvalue weighted by Gasteiger charge is 2.13. The molecule has 5 nitrogen and oxygen atoms in total. The first-order valence-corrected chi connectivity index (χ1v) is 10.5. The lowest BCUT2D eigenvalue weighted by molar-refractivity contribution is 0.532. The van der Waals surface area contributed by atoms with Crippen molar-refractivity contribution in [2.24, 2.45) is 5.92 Å². The Kier molecular flexibility index (Phi) is 5.74. The predicted octanol–water partition coefficient (Wildman–Crippen LogP) is 3.35. The quantitative estimate of drug-likeness (QED) is 0.660. The molecule has 3 aromatic rings. The number of rotatable bonds is 8. The molecule has 0 amide bonds. The molecule has 2 aromatic heterocycles. The fraction of sp³-hybridized carbons (Fsp3) is 0.350. The molecule has 1 aromatic carbocycles. The summed E-state index contributed by atoms with van der Waals surface area (Å²) in [7, 11) is -3.34. The van der Waals surface area contributed by atoms with Gasteiger partial charge in [-0.2, -0.15) is 0 Å². The van der Waals surface area contributed by atoms with Crippen LogP contribution in [0.1, 0.15) is 25.0 Å². The maximum Gasteiger partial charge on any atom is 0.215 e. The highest BCUT2D eigenvalue weighted by Crippen LogP contribution is 2.21. The Labute approximate surface area is 155 Å². The van der Waals surface area contributed by atoms with E-state index >= 15 is 0 Å². The molecule has 0 aliphatic carbocycles. The predicted molar refractivity (Wildman–Crippen MR) is 105 cm³/mol. The number of nitrogens with zero attached hydrogens (tertiary/aromatic N) is 2. The van der Waals surface area contributed by atoms with Crippen molar-refractivity contribution in [3.8, 4) is 0 Å². The van der Waals surface area contributed by atoms with Gasteiger partial charge in [0.05, 0.1) is 5.75 Å². The Hall–Kier alpha value is -2.18. The second-order valence-electron chi connectivity index (χ2n) is 6.96. The van der Waals surface area contributed by atoms with Crippen LogP contribution in [0.3, 0.4) is 0 Å². The third-order valence-electron chi connectivity index (χ3n) is 4.19. The lowest BCUT2D eigenvalue weighted by Gasteiger charge is -2.07. The topological polar surface area (TPSA) is 64.0 Å². The first-order chi connectivity index (χ1) is 12.4. The van der Waals surface area contributed by atoms with Gasteiger partial charge >= 0.3 is 0 Å². The molecule has 6 heteroatoms. The maximum atomic E-state index is 12.3. The van der Waals surface area contributed by atoms with Crippen LogP contribution in [-0.4, -0.2) is 24.5 Å². The highest BCUT2D eigenvalue weighted by atomic mass is 32.2. The SMILES string of the molecule is CC(C)Cn1cc(CCNS(=O)(=O)Cc2ccccc2)c2cccnc21. The van der Waals surface area contributed by atoms with Gasteiger partial charge in [0.1, 0.15) is 5.65 Å². The van der Waals surface area contributed by atoms with Crippen molar-refractivity contribution in [1.29, 1.82) is 0 Å². The number of hydrogen-bond donors (Lipinski definition) is 1. The largest absolute Gasteiger partial charge is 0.332 e. The summed E-state index contributed by atoms with van der Waals surface area (Å²) in [6, 6.07) is 13.2. The average molecular weight is 372 g/mol. The normalized spacial score (nSPS) is 12.1. The van der Waals surface area contributed by atoms with Crippen LogP contribution in [0.5, 0.6) is 0 Å². The number of fused-ring (bicyclic) bond motifs is 1. The third kappa shape index (κ3) is 4.71. The molecule has 0 saturated carbocycles.